The van der Waals surface area contributed by atoms with Gasteiger partial charge in [0.05, 0.1) is 4.90 Å². The van der Waals surface area contributed by atoms with E-state index in [9.17, 15) is 18.3 Å². The summed E-state index contributed by atoms with van der Waals surface area (Å²) in [7, 11) is -3.55. The number of benzene rings is 1. The van der Waals surface area contributed by atoms with E-state index in [1.54, 1.807) is 17.4 Å². The van der Waals surface area contributed by atoms with Gasteiger partial charge >= 0.3 is 0 Å². The molecule has 2 aromatic rings. The van der Waals surface area contributed by atoms with Crippen molar-refractivity contribution in [1.82, 2.24) is 9.62 Å². The summed E-state index contributed by atoms with van der Waals surface area (Å²) in [6, 6.07) is 7.39. The number of aliphatic hydroxyl groups is 1. The number of amides is 1. The van der Waals surface area contributed by atoms with Gasteiger partial charge in [-0.15, -0.1) is 0 Å². The Kier molecular flexibility index (Phi) is 7.68. The molecule has 6 nitrogen and oxygen atoms in total. The van der Waals surface area contributed by atoms with E-state index in [0.717, 1.165) is 17.5 Å². The first-order valence-corrected chi connectivity index (χ1v) is 12.7. The third-order valence-corrected chi connectivity index (χ3v) is 8.49. The van der Waals surface area contributed by atoms with Crippen molar-refractivity contribution in [2.45, 2.75) is 38.0 Å². The van der Waals surface area contributed by atoms with E-state index in [-0.39, 0.29) is 24.3 Å². The molecule has 1 aliphatic rings. The fourth-order valence-electron chi connectivity index (χ4n) is 3.92. The predicted molar refractivity (Wildman–Crippen MR) is 119 cm³/mol. The second-order valence-corrected chi connectivity index (χ2v) is 10.8. The van der Waals surface area contributed by atoms with E-state index < -0.39 is 10.0 Å². The molecule has 1 saturated heterocycles. The maximum atomic E-state index is 13.0. The number of aryl methyl sites for hydroxylation is 2. The zero-order chi connectivity index (χ0) is 21.7. The number of carbonyl (C=O) groups excluding carboxylic acids is 1. The van der Waals surface area contributed by atoms with Gasteiger partial charge in [0, 0.05) is 38.1 Å². The van der Waals surface area contributed by atoms with Crippen LogP contribution in [0.25, 0.3) is 0 Å². The summed E-state index contributed by atoms with van der Waals surface area (Å²) >= 11 is 1.62. The van der Waals surface area contributed by atoms with E-state index in [1.807, 2.05) is 37.4 Å². The number of hydrogen-bond acceptors (Lipinski definition) is 5. The van der Waals surface area contributed by atoms with Gasteiger partial charge in [-0.25, -0.2) is 8.42 Å². The highest BCUT2D eigenvalue weighted by Gasteiger charge is 2.32. The molecule has 164 valence electrons. The lowest BCUT2D eigenvalue weighted by Gasteiger charge is -2.31. The Morgan fingerprint density at radius 3 is 2.60 bits per heavy atom. The summed E-state index contributed by atoms with van der Waals surface area (Å²) in [5.74, 6) is -0.271. The molecule has 1 aliphatic heterocycles. The Hall–Kier alpha value is -1.74. The molecule has 2 N–H and O–H groups in total. The smallest absolute Gasteiger partial charge is 0.243 e. The molecule has 1 atom stereocenters. The Labute approximate surface area is 183 Å². The molecule has 8 heteroatoms. The average Bonchev–Trinajstić information content (AvgIpc) is 3.23. The van der Waals surface area contributed by atoms with Crippen LogP contribution in [0.2, 0.25) is 0 Å². The van der Waals surface area contributed by atoms with Crippen LogP contribution in [0.15, 0.2) is 39.9 Å². The van der Waals surface area contributed by atoms with Crippen LogP contribution in [-0.4, -0.2) is 50.0 Å². The number of sulfonamides is 1. The number of piperidine rings is 1. The van der Waals surface area contributed by atoms with E-state index in [4.69, 9.17) is 0 Å². The van der Waals surface area contributed by atoms with E-state index in [0.29, 0.717) is 37.4 Å². The molecule has 3 rings (SSSR count). The largest absolute Gasteiger partial charge is 0.396 e. The standard InChI is InChI=1S/C22H30N2O4S2/c1-16-3-4-21(17(2)11-16)30(27,28)24-8-5-20(6-9-24)22(26)23-13-19(14-25)12-18-7-10-29-15-18/h3-4,7,10-11,15,19-20,25H,5-6,8-9,12-14H2,1-2H3,(H,23,26)/t19-/m1/s1. The lowest BCUT2D eigenvalue weighted by atomic mass is 9.96. The monoisotopic (exact) mass is 450 g/mol. The average molecular weight is 451 g/mol. The van der Waals surface area contributed by atoms with Crippen molar-refractivity contribution in [2.75, 3.05) is 26.2 Å². The minimum atomic E-state index is -3.55. The van der Waals surface area contributed by atoms with Crippen molar-refractivity contribution >= 4 is 27.3 Å². The number of thiophene rings is 1. The summed E-state index contributed by atoms with van der Waals surface area (Å²) in [6.45, 7) is 4.87. The third-order valence-electron chi connectivity index (χ3n) is 5.70. The van der Waals surface area contributed by atoms with Crippen LogP contribution in [0.4, 0.5) is 0 Å². The van der Waals surface area contributed by atoms with E-state index in [1.165, 1.54) is 9.87 Å². The number of carbonyl (C=O) groups is 1. The van der Waals surface area contributed by atoms with Crippen LogP contribution in [0, 0.1) is 25.7 Å². The molecule has 30 heavy (non-hydrogen) atoms. The van der Waals surface area contributed by atoms with Gasteiger partial charge in [-0.1, -0.05) is 17.7 Å². The maximum absolute atomic E-state index is 13.0. The quantitative estimate of drug-likeness (QED) is 0.647. The van der Waals surface area contributed by atoms with Gasteiger partial charge in [0.15, 0.2) is 0 Å². The van der Waals surface area contributed by atoms with Crippen molar-refractivity contribution in [1.29, 1.82) is 0 Å². The van der Waals surface area contributed by atoms with Crippen LogP contribution >= 0.6 is 11.3 Å². The molecular weight excluding hydrogens is 420 g/mol. The fraction of sp³-hybridized carbons (Fsp3) is 0.500. The van der Waals surface area contributed by atoms with Crippen LogP contribution in [0.3, 0.4) is 0 Å². The number of nitrogens with one attached hydrogen (secondary N) is 1. The highest BCUT2D eigenvalue weighted by molar-refractivity contribution is 7.89. The topological polar surface area (TPSA) is 86.7 Å². The SMILES string of the molecule is Cc1ccc(S(=O)(=O)N2CCC(C(=O)NC[C@H](CO)Cc3ccsc3)CC2)c(C)c1. The van der Waals surface area contributed by atoms with Gasteiger partial charge in [0.1, 0.15) is 0 Å². The van der Waals surface area contributed by atoms with Crippen LogP contribution in [0.1, 0.15) is 29.5 Å². The second kappa shape index (κ2) is 10.0. The summed E-state index contributed by atoms with van der Waals surface area (Å²) < 4.78 is 27.5. The first-order chi connectivity index (χ1) is 14.3. The van der Waals surface area contributed by atoms with Crippen LogP contribution in [-0.2, 0) is 21.2 Å². The van der Waals surface area contributed by atoms with E-state index in [2.05, 4.69) is 10.7 Å². The highest BCUT2D eigenvalue weighted by Crippen LogP contribution is 2.26. The molecule has 1 aromatic carbocycles. The van der Waals surface area contributed by atoms with Crippen LogP contribution in [0.5, 0.6) is 0 Å². The molecule has 1 amide bonds. The fourth-order valence-corrected chi connectivity index (χ4v) is 6.28. The molecule has 2 heterocycles. The highest BCUT2D eigenvalue weighted by atomic mass is 32.2. The molecule has 1 fully saturated rings. The number of hydrogen-bond donors (Lipinski definition) is 2. The minimum absolute atomic E-state index is 0.0166. The van der Waals surface area contributed by atoms with Gasteiger partial charge in [-0.05, 0) is 67.1 Å². The van der Waals surface area contributed by atoms with Crippen molar-refractivity contribution in [3.05, 3.63) is 51.7 Å². The summed E-state index contributed by atoms with van der Waals surface area (Å²) in [6.07, 6.45) is 1.74. The van der Waals surface area contributed by atoms with Gasteiger partial charge in [-0.2, -0.15) is 15.6 Å². The maximum Gasteiger partial charge on any atom is 0.243 e. The lowest BCUT2D eigenvalue weighted by Crippen LogP contribution is -2.44. The first-order valence-electron chi connectivity index (χ1n) is 10.3. The van der Waals surface area contributed by atoms with E-state index >= 15 is 0 Å². The zero-order valence-electron chi connectivity index (χ0n) is 17.5. The second-order valence-electron chi connectivity index (χ2n) is 8.08. The lowest BCUT2D eigenvalue weighted by molar-refractivity contribution is -0.126. The molecule has 1 aromatic heterocycles. The van der Waals surface area contributed by atoms with Crippen molar-refractivity contribution in [3.63, 3.8) is 0 Å². The Bertz CT molecular complexity index is 950. The number of aliphatic hydroxyl groups excluding tert-OH is 1. The molecule has 0 unspecified atom stereocenters. The Balaban J connectivity index is 1.52. The minimum Gasteiger partial charge on any atom is -0.396 e. The zero-order valence-corrected chi connectivity index (χ0v) is 19.1. The molecule has 0 radical (unpaired) electrons. The van der Waals surface area contributed by atoms with Gasteiger partial charge in [0.25, 0.3) is 0 Å². The van der Waals surface area contributed by atoms with Gasteiger partial charge in [-0.3, -0.25) is 4.79 Å². The summed E-state index contributed by atoms with van der Waals surface area (Å²) in [5.41, 5.74) is 2.94. The Morgan fingerprint density at radius 1 is 1.27 bits per heavy atom. The summed E-state index contributed by atoms with van der Waals surface area (Å²) in [4.78, 5) is 12.9. The Morgan fingerprint density at radius 2 is 2.00 bits per heavy atom. The van der Waals surface area contributed by atoms with Gasteiger partial charge < -0.3 is 10.4 Å². The van der Waals surface area contributed by atoms with Crippen molar-refractivity contribution in [2.24, 2.45) is 11.8 Å². The predicted octanol–water partition coefficient (Wildman–Crippen LogP) is 2.73. The molecule has 0 spiro atoms. The third kappa shape index (κ3) is 5.49. The first kappa shape index (κ1) is 22.9. The van der Waals surface area contributed by atoms with Gasteiger partial charge in [0.2, 0.25) is 15.9 Å². The number of rotatable bonds is 8. The summed E-state index contributed by atoms with van der Waals surface area (Å²) in [5, 5.41) is 16.6. The molecule has 0 aliphatic carbocycles. The van der Waals surface area contributed by atoms with Crippen molar-refractivity contribution < 1.29 is 18.3 Å². The van der Waals surface area contributed by atoms with Crippen LogP contribution < -0.4 is 5.32 Å². The molecule has 0 bridgehead atoms. The normalized spacial score (nSPS) is 17.0. The molecular formula is C22H30N2O4S2. The number of nitrogens with zero attached hydrogens (tertiary/aromatic N) is 1. The molecule has 0 saturated carbocycles. The van der Waals surface area contributed by atoms with Crippen molar-refractivity contribution in [3.8, 4) is 0 Å².